The minimum absolute atomic E-state index is 0.0302. The average molecular weight is 471 g/mol. The van der Waals surface area contributed by atoms with Crippen molar-refractivity contribution in [1.29, 1.82) is 5.26 Å². The number of nitrogens with zero attached hydrogens (tertiary/aromatic N) is 4. The second-order valence-electron chi connectivity index (χ2n) is 9.97. The number of urea groups is 1. The zero-order valence-electron chi connectivity index (χ0n) is 20.6. The summed E-state index contributed by atoms with van der Waals surface area (Å²) in [6, 6.07) is 16.6. The molecule has 0 atom stereocenters. The van der Waals surface area contributed by atoms with Crippen LogP contribution in [0.15, 0.2) is 47.6 Å². The largest absolute Gasteiger partial charge is 0.381 e. The molecule has 2 aliphatic heterocycles. The quantitative estimate of drug-likeness (QED) is 0.502. The first kappa shape index (κ1) is 23.6. The normalized spacial score (nSPS) is 19.7. The lowest BCUT2D eigenvalue weighted by molar-refractivity contribution is 0.0480. The van der Waals surface area contributed by atoms with Gasteiger partial charge in [0.05, 0.1) is 29.2 Å². The number of ether oxygens (including phenoxy) is 1. The third-order valence-electron chi connectivity index (χ3n) is 7.52. The van der Waals surface area contributed by atoms with Gasteiger partial charge in [0.2, 0.25) is 0 Å². The Bertz CT molecular complexity index is 1120. The lowest BCUT2D eigenvalue weighted by Gasteiger charge is -2.33. The van der Waals surface area contributed by atoms with Crippen LogP contribution in [0.25, 0.3) is 0 Å². The monoisotopic (exact) mass is 470 g/mol. The number of anilines is 2. The molecule has 1 saturated carbocycles. The molecular formula is C29H34N4O2. The van der Waals surface area contributed by atoms with Gasteiger partial charge in [0, 0.05) is 31.1 Å². The van der Waals surface area contributed by atoms with Gasteiger partial charge in [0.25, 0.3) is 0 Å². The van der Waals surface area contributed by atoms with Crippen LogP contribution in [-0.4, -0.2) is 36.0 Å². The fraction of sp³-hybridized carbons (Fsp3) is 0.483. The number of carbonyl (C=O) groups is 1. The van der Waals surface area contributed by atoms with Gasteiger partial charge in [-0.15, -0.1) is 0 Å². The summed E-state index contributed by atoms with van der Waals surface area (Å²) in [5, 5.41) is 15.9. The summed E-state index contributed by atoms with van der Waals surface area (Å²) in [5.41, 5.74) is 6.10. The summed E-state index contributed by atoms with van der Waals surface area (Å²) in [5.74, 6) is 0.369. The summed E-state index contributed by atoms with van der Waals surface area (Å²) in [4.78, 5) is 16.1. The lowest BCUT2D eigenvalue weighted by Crippen LogP contribution is -2.45. The molecule has 6 heteroatoms. The highest BCUT2D eigenvalue weighted by molar-refractivity contribution is 6.14. The molecule has 0 unspecified atom stereocenters. The molecule has 2 aromatic rings. The maximum absolute atomic E-state index is 14.3. The van der Waals surface area contributed by atoms with E-state index in [0.29, 0.717) is 32.0 Å². The van der Waals surface area contributed by atoms with E-state index in [9.17, 15) is 4.79 Å². The molecule has 5 rings (SSSR count). The molecule has 0 spiro atoms. The van der Waals surface area contributed by atoms with Gasteiger partial charge in [0.1, 0.15) is 0 Å². The van der Waals surface area contributed by atoms with Gasteiger partial charge < -0.3 is 4.74 Å². The van der Waals surface area contributed by atoms with Gasteiger partial charge >= 0.3 is 6.03 Å². The van der Waals surface area contributed by atoms with E-state index in [1.165, 1.54) is 19.3 Å². The molecule has 0 N–H and O–H groups in total. The summed E-state index contributed by atoms with van der Waals surface area (Å²) in [6.07, 6.45) is 8.73. The molecule has 1 saturated heterocycles. The van der Waals surface area contributed by atoms with Crippen molar-refractivity contribution >= 4 is 23.1 Å². The number of amides is 2. The van der Waals surface area contributed by atoms with Crippen molar-refractivity contribution in [3.05, 3.63) is 59.2 Å². The van der Waals surface area contributed by atoms with Crippen molar-refractivity contribution in [3.8, 4) is 6.07 Å². The highest BCUT2D eigenvalue weighted by Crippen LogP contribution is 2.39. The first-order valence-corrected chi connectivity index (χ1v) is 13.0. The van der Waals surface area contributed by atoms with Crippen LogP contribution in [0.5, 0.6) is 0 Å². The molecule has 2 amide bonds. The van der Waals surface area contributed by atoms with Gasteiger partial charge in [-0.05, 0) is 68.4 Å². The van der Waals surface area contributed by atoms with Crippen molar-refractivity contribution < 1.29 is 9.53 Å². The Labute approximate surface area is 208 Å². The fourth-order valence-electron chi connectivity index (χ4n) is 5.57. The first-order valence-electron chi connectivity index (χ1n) is 13.0. The van der Waals surface area contributed by atoms with E-state index in [4.69, 9.17) is 15.1 Å². The van der Waals surface area contributed by atoms with Crippen LogP contribution in [0.1, 0.15) is 68.1 Å². The van der Waals surface area contributed by atoms with Crippen LogP contribution < -0.4 is 4.90 Å². The Morgan fingerprint density at radius 3 is 2.49 bits per heavy atom. The van der Waals surface area contributed by atoms with Crippen LogP contribution >= 0.6 is 0 Å². The van der Waals surface area contributed by atoms with E-state index < -0.39 is 0 Å². The van der Waals surface area contributed by atoms with Crippen LogP contribution in [0.2, 0.25) is 0 Å². The number of carbonyl (C=O) groups excluding carboxylic acids is 1. The van der Waals surface area contributed by atoms with E-state index in [2.05, 4.69) is 31.2 Å². The van der Waals surface area contributed by atoms with Gasteiger partial charge in [-0.1, -0.05) is 43.5 Å². The number of hydrogen-bond acceptors (Lipinski definition) is 4. The molecule has 0 aromatic heterocycles. The second kappa shape index (κ2) is 10.6. The van der Waals surface area contributed by atoms with E-state index in [-0.39, 0.29) is 12.1 Å². The Morgan fingerprint density at radius 1 is 1.03 bits per heavy atom. The molecule has 0 radical (unpaired) electrons. The predicted octanol–water partition coefficient (Wildman–Crippen LogP) is 6.49. The van der Waals surface area contributed by atoms with Gasteiger partial charge in [-0.3, -0.25) is 4.90 Å². The standard InChI is InChI=1S/C29H34N4O2/c1-21-9-14-26-27(20-21)32(24-12-10-22(11-13-24)6-5-17-30)29(34)33(25-15-18-35-19-16-25)31-28(26)23-7-3-2-4-8-23/h9-14,20,23,25H,2-8,15-16,18-19H2,1H3. The predicted molar refractivity (Wildman–Crippen MR) is 138 cm³/mol. The van der Waals surface area contributed by atoms with Crippen molar-refractivity contribution in [3.63, 3.8) is 0 Å². The number of hydrazone groups is 1. The summed E-state index contributed by atoms with van der Waals surface area (Å²) < 4.78 is 5.61. The summed E-state index contributed by atoms with van der Waals surface area (Å²) in [6.45, 7) is 3.39. The molecule has 182 valence electrons. The Hall–Kier alpha value is -3.17. The minimum Gasteiger partial charge on any atom is -0.381 e. The van der Waals surface area contributed by atoms with Crippen molar-refractivity contribution in [2.45, 2.75) is 70.8 Å². The zero-order valence-corrected chi connectivity index (χ0v) is 20.6. The number of fused-ring (bicyclic) bond motifs is 1. The van der Waals surface area contributed by atoms with Gasteiger partial charge in [-0.2, -0.15) is 10.4 Å². The number of aryl methyl sites for hydroxylation is 2. The third-order valence-corrected chi connectivity index (χ3v) is 7.52. The maximum atomic E-state index is 14.3. The summed E-state index contributed by atoms with van der Waals surface area (Å²) in [7, 11) is 0. The Kier molecular flexibility index (Phi) is 7.15. The number of nitriles is 1. The first-order chi connectivity index (χ1) is 17.2. The van der Waals surface area contributed by atoms with E-state index in [1.54, 1.807) is 5.01 Å². The topological polar surface area (TPSA) is 68.9 Å². The molecule has 1 aliphatic carbocycles. The zero-order chi connectivity index (χ0) is 24.2. The van der Waals surface area contributed by atoms with Crippen LogP contribution in [-0.2, 0) is 11.2 Å². The maximum Gasteiger partial charge on any atom is 0.349 e. The molecule has 35 heavy (non-hydrogen) atoms. The van der Waals surface area contributed by atoms with Crippen LogP contribution in [0.3, 0.4) is 0 Å². The van der Waals surface area contributed by atoms with E-state index >= 15 is 0 Å². The number of rotatable bonds is 5. The molecule has 2 fully saturated rings. The molecular weight excluding hydrogens is 436 g/mol. The molecule has 0 bridgehead atoms. The molecule has 3 aliphatic rings. The van der Waals surface area contributed by atoms with Crippen molar-refractivity contribution in [2.24, 2.45) is 11.0 Å². The Balaban J connectivity index is 1.62. The van der Waals surface area contributed by atoms with E-state index in [1.807, 2.05) is 29.2 Å². The molecule has 2 aromatic carbocycles. The second-order valence-corrected chi connectivity index (χ2v) is 9.97. The van der Waals surface area contributed by atoms with Crippen LogP contribution in [0.4, 0.5) is 16.2 Å². The molecule has 6 nitrogen and oxygen atoms in total. The average Bonchev–Trinajstić information content (AvgIpc) is 3.02. The van der Waals surface area contributed by atoms with Crippen molar-refractivity contribution in [2.75, 3.05) is 18.1 Å². The highest BCUT2D eigenvalue weighted by Gasteiger charge is 2.37. The van der Waals surface area contributed by atoms with Crippen LogP contribution in [0, 0.1) is 24.2 Å². The van der Waals surface area contributed by atoms with Gasteiger partial charge in [-0.25, -0.2) is 9.80 Å². The number of hydrogen-bond donors (Lipinski definition) is 0. The minimum atomic E-state index is -0.0978. The fourth-order valence-corrected chi connectivity index (χ4v) is 5.57. The lowest BCUT2D eigenvalue weighted by atomic mass is 9.82. The highest BCUT2D eigenvalue weighted by atomic mass is 16.5. The number of benzene rings is 2. The summed E-state index contributed by atoms with van der Waals surface area (Å²) >= 11 is 0. The van der Waals surface area contributed by atoms with Crippen molar-refractivity contribution in [1.82, 2.24) is 5.01 Å². The van der Waals surface area contributed by atoms with Gasteiger partial charge in [0.15, 0.2) is 0 Å². The molecule has 2 heterocycles. The van der Waals surface area contributed by atoms with E-state index in [0.717, 1.165) is 59.5 Å². The SMILES string of the molecule is Cc1ccc2c(c1)N(c1ccc(CCC#N)cc1)C(=O)N(C1CCOCC1)N=C2C1CCCCC1. The smallest absolute Gasteiger partial charge is 0.349 e. The third kappa shape index (κ3) is 4.97. The Morgan fingerprint density at radius 2 is 1.77 bits per heavy atom.